The minimum Gasteiger partial charge on any atom is -0.480 e. The predicted molar refractivity (Wildman–Crippen MR) is 62.5 cm³/mol. The molecule has 4 nitrogen and oxygen atoms in total. The number of aliphatic carboxylic acids is 1. The van der Waals surface area contributed by atoms with Gasteiger partial charge in [-0.05, 0) is 44.8 Å². The van der Waals surface area contributed by atoms with Gasteiger partial charge in [0.05, 0.1) is 6.54 Å². The Hall–Kier alpha value is -0.610. The van der Waals surface area contributed by atoms with Crippen LogP contribution in [0.25, 0.3) is 0 Å². The topological polar surface area (TPSA) is 43.8 Å². The maximum Gasteiger partial charge on any atom is 0.317 e. The van der Waals surface area contributed by atoms with Crippen LogP contribution in [0.15, 0.2) is 0 Å². The molecule has 3 aliphatic heterocycles. The van der Waals surface area contributed by atoms with E-state index in [1.165, 1.54) is 25.9 Å². The summed E-state index contributed by atoms with van der Waals surface area (Å²) in [5, 5.41) is 8.96. The van der Waals surface area contributed by atoms with E-state index in [1.807, 2.05) is 0 Å². The zero-order chi connectivity index (χ0) is 11.5. The van der Waals surface area contributed by atoms with Gasteiger partial charge in [0.1, 0.15) is 0 Å². The van der Waals surface area contributed by atoms with Crippen LogP contribution in [0.5, 0.6) is 0 Å². The van der Waals surface area contributed by atoms with Gasteiger partial charge in [0.2, 0.25) is 0 Å². The largest absolute Gasteiger partial charge is 0.480 e. The van der Waals surface area contributed by atoms with Crippen molar-refractivity contribution in [2.45, 2.75) is 32.2 Å². The van der Waals surface area contributed by atoms with Gasteiger partial charge >= 0.3 is 5.97 Å². The molecule has 0 saturated carbocycles. The highest BCUT2D eigenvalue weighted by Crippen LogP contribution is 2.30. The Labute approximate surface area is 97.2 Å². The number of piperidine rings is 3. The highest BCUT2D eigenvalue weighted by atomic mass is 16.4. The van der Waals surface area contributed by atoms with Crippen LogP contribution in [0.4, 0.5) is 0 Å². The third-order valence-electron chi connectivity index (χ3n) is 3.94. The first-order chi connectivity index (χ1) is 7.70. The van der Waals surface area contributed by atoms with Gasteiger partial charge in [-0.3, -0.25) is 9.69 Å². The van der Waals surface area contributed by atoms with Gasteiger partial charge < -0.3 is 10.0 Å². The van der Waals surface area contributed by atoms with Crippen LogP contribution >= 0.6 is 0 Å². The monoisotopic (exact) mass is 226 g/mol. The van der Waals surface area contributed by atoms with E-state index in [2.05, 4.69) is 16.7 Å². The summed E-state index contributed by atoms with van der Waals surface area (Å²) in [5.41, 5.74) is 0. The van der Waals surface area contributed by atoms with Crippen molar-refractivity contribution in [1.82, 2.24) is 9.80 Å². The molecule has 0 aliphatic carbocycles. The molecule has 0 aromatic rings. The van der Waals surface area contributed by atoms with Crippen molar-refractivity contribution in [1.29, 1.82) is 0 Å². The molecule has 1 atom stereocenters. The van der Waals surface area contributed by atoms with Crippen molar-refractivity contribution in [2.24, 2.45) is 5.92 Å². The van der Waals surface area contributed by atoms with E-state index in [-0.39, 0.29) is 6.54 Å². The zero-order valence-corrected chi connectivity index (χ0v) is 10.1. The van der Waals surface area contributed by atoms with Gasteiger partial charge in [-0.25, -0.2) is 0 Å². The molecule has 16 heavy (non-hydrogen) atoms. The number of hydrogen-bond acceptors (Lipinski definition) is 3. The van der Waals surface area contributed by atoms with Crippen LogP contribution in [0, 0.1) is 5.92 Å². The molecule has 0 amide bonds. The molecule has 4 heteroatoms. The summed E-state index contributed by atoms with van der Waals surface area (Å²) in [6.45, 7) is 6.76. The third-order valence-corrected chi connectivity index (χ3v) is 3.94. The molecule has 1 N–H and O–H groups in total. The first kappa shape index (κ1) is 11.9. The molecule has 3 heterocycles. The average molecular weight is 226 g/mol. The minimum absolute atomic E-state index is 0.211. The maximum absolute atomic E-state index is 10.9. The van der Waals surface area contributed by atoms with Crippen molar-refractivity contribution in [3.63, 3.8) is 0 Å². The molecule has 92 valence electrons. The van der Waals surface area contributed by atoms with E-state index in [4.69, 9.17) is 5.11 Å². The molecule has 3 rings (SSSR count). The summed E-state index contributed by atoms with van der Waals surface area (Å²) in [6.07, 6.45) is 3.55. The molecule has 3 fully saturated rings. The van der Waals surface area contributed by atoms with E-state index in [0.29, 0.717) is 6.04 Å². The highest BCUT2D eigenvalue weighted by molar-refractivity contribution is 5.69. The Kier molecular flexibility index (Phi) is 3.82. The van der Waals surface area contributed by atoms with Gasteiger partial charge in [-0.15, -0.1) is 0 Å². The smallest absolute Gasteiger partial charge is 0.317 e. The van der Waals surface area contributed by atoms with Gasteiger partial charge in [0.25, 0.3) is 0 Å². The fourth-order valence-electron chi connectivity index (χ4n) is 3.17. The Morgan fingerprint density at radius 1 is 1.44 bits per heavy atom. The second kappa shape index (κ2) is 5.15. The van der Waals surface area contributed by atoms with Crippen LogP contribution in [-0.4, -0.2) is 59.6 Å². The Bertz CT molecular complexity index is 249. The number of hydrogen-bond donors (Lipinski definition) is 1. The van der Waals surface area contributed by atoms with E-state index in [1.54, 1.807) is 0 Å². The Balaban J connectivity index is 1.98. The standard InChI is InChI=1S/C12H22N2O2/c1-2-5-14(9-12(15)16)11-8-13-6-3-10(11)4-7-13/h10-11H,2-9H2,1H3,(H,15,16). The lowest BCUT2D eigenvalue weighted by molar-refractivity contribution is -0.140. The predicted octanol–water partition coefficient (Wildman–Crippen LogP) is 0.877. The maximum atomic E-state index is 10.9. The van der Waals surface area contributed by atoms with Gasteiger partial charge in [0.15, 0.2) is 0 Å². The summed E-state index contributed by atoms with van der Waals surface area (Å²) in [4.78, 5) is 15.5. The summed E-state index contributed by atoms with van der Waals surface area (Å²) in [5.74, 6) is 0.0424. The number of rotatable bonds is 5. The summed E-state index contributed by atoms with van der Waals surface area (Å²) in [7, 11) is 0. The molecular weight excluding hydrogens is 204 g/mol. The average Bonchev–Trinajstić information content (AvgIpc) is 2.29. The lowest BCUT2D eigenvalue weighted by atomic mass is 9.83. The number of fused-ring (bicyclic) bond motifs is 3. The highest BCUT2D eigenvalue weighted by Gasteiger charge is 2.37. The Morgan fingerprint density at radius 3 is 2.56 bits per heavy atom. The fraction of sp³-hybridized carbons (Fsp3) is 0.917. The zero-order valence-electron chi connectivity index (χ0n) is 10.1. The molecule has 0 aromatic heterocycles. The van der Waals surface area contributed by atoms with E-state index in [0.717, 1.165) is 25.4 Å². The number of carboxylic acid groups (broad SMARTS) is 1. The molecule has 0 radical (unpaired) electrons. The minimum atomic E-state index is -0.690. The quantitative estimate of drug-likeness (QED) is 0.755. The van der Waals surface area contributed by atoms with Gasteiger partial charge in [-0.2, -0.15) is 0 Å². The molecule has 3 saturated heterocycles. The van der Waals surface area contributed by atoms with Crippen LogP contribution in [0.1, 0.15) is 26.2 Å². The fourth-order valence-corrected chi connectivity index (χ4v) is 3.17. The van der Waals surface area contributed by atoms with E-state index < -0.39 is 5.97 Å². The summed E-state index contributed by atoms with van der Waals surface area (Å²) >= 11 is 0. The van der Waals surface area contributed by atoms with Crippen molar-refractivity contribution in [2.75, 3.05) is 32.7 Å². The SMILES string of the molecule is CCCN(CC(=O)O)C1CN2CCC1CC2. The molecular formula is C12H22N2O2. The first-order valence-corrected chi connectivity index (χ1v) is 6.39. The first-order valence-electron chi connectivity index (χ1n) is 6.39. The van der Waals surface area contributed by atoms with Crippen LogP contribution in [0.3, 0.4) is 0 Å². The molecule has 0 aromatic carbocycles. The molecule has 2 bridgehead atoms. The van der Waals surface area contributed by atoms with Gasteiger partial charge in [-0.1, -0.05) is 6.92 Å². The Morgan fingerprint density at radius 2 is 2.12 bits per heavy atom. The summed E-state index contributed by atoms with van der Waals surface area (Å²) in [6, 6.07) is 0.485. The molecule has 3 aliphatic rings. The van der Waals surface area contributed by atoms with Crippen LogP contribution in [0.2, 0.25) is 0 Å². The lowest BCUT2D eigenvalue weighted by Crippen LogP contribution is -2.58. The second-order valence-electron chi connectivity index (χ2n) is 5.07. The normalized spacial score (nSPS) is 33.2. The van der Waals surface area contributed by atoms with Crippen LogP contribution in [-0.2, 0) is 4.79 Å². The number of carboxylic acids is 1. The summed E-state index contributed by atoms with van der Waals surface area (Å²) < 4.78 is 0. The van der Waals surface area contributed by atoms with Crippen molar-refractivity contribution in [3.05, 3.63) is 0 Å². The van der Waals surface area contributed by atoms with E-state index >= 15 is 0 Å². The molecule has 0 spiro atoms. The third kappa shape index (κ3) is 2.55. The van der Waals surface area contributed by atoms with Crippen molar-refractivity contribution >= 4 is 5.97 Å². The second-order valence-corrected chi connectivity index (χ2v) is 5.07. The van der Waals surface area contributed by atoms with Crippen molar-refractivity contribution in [3.8, 4) is 0 Å². The number of nitrogens with zero attached hydrogens (tertiary/aromatic N) is 2. The molecule has 1 unspecified atom stereocenters. The lowest BCUT2D eigenvalue weighted by Gasteiger charge is -2.48. The number of carbonyl (C=O) groups is 1. The van der Waals surface area contributed by atoms with E-state index in [9.17, 15) is 4.79 Å². The van der Waals surface area contributed by atoms with Crippen LogP contribution < -0.4 is 0 Å². The van der Waals surface area contributed by atoms with Gasteiger partial charge in [0, 0.05) is 12.6 Å². The van der Waals surface area contributed by atoms with Crippen molar-refractivity contribution < 1.29 is 9.90 Å².